The van der Waals surface area contributed by atoms with E-state index in [-0.39, 0.29) is 11.8 Å². The number of rotatable bonds is 5. The minimum atomic E-state index is -0.170. The molecule has 23 heavy (non-hydrogen) atoms. The number of carbonyl (C=O) groups excluding carboxylic acids is 2. The van der Waals surface area contributed by atoms with Gasteiger partial charge in [0.1, 0.15) is 4.88 Å². The molecular formula is C17H21N3O2S. The molecule has 0 aliphatic carbocycles. The van der Waals surface area contributed by atoms with Gasteiger partial charge >= 0.3 is 0 Å². The number of carbonyl (C=O) groups is 2. The van der Waals surface area contributed by atoms with Crippen LogP contribution in [-0.2, 0) is 0 Å². The molecule has 0 aliphatic rings. The van der Waals surface area contributed by atoms with Gasteiger partial charge in [-0.05, 0) is 52.0 Å². The second-order valence-corrected chi connectivity index (χ2v) is 6.36. The lowest BCUT2D eigenvalue weighted by atomic mass is 10.1. The first-order chi connectivity index (χ1) is 11.0. The van der Waals surface area contributed by atoms with Gasteiger partial charge in [0, 0.05) is 24.3 Å². The Kier molecular flexibility index (Phi) is 5.50. The number of anilines is 1. The average molecular weight is 331 g/mol. The van der Waals surface area contributed by atoms with E-state index in [1.54, 1.807) is 29.2 Å². The predicted octanol–water partition coefficient (Wildman–Crippen LogP) is 3.49. The molecule has 1 N–H and O–H groups in total. The highest BCUT2D eigenvalue weighted by molar-refractivity contribution is 7.13. The van der Waals surface area contributed by atoms with Crippen LogP contribution in [0.5, 0.6) is 0 Å². The summed E-state index contributed by atoms with van der Waals surface area (Å²) < 4.78 is 0. The third kappa shape index (κ3) is 3.96. The normalized spacial score (nSPS) is 10.4. The van der Waals surface area contributed by atoms with Gasteiger partial charge in [0.05, 0.1) is 10.7 Å². The maximum atomic E-state index is 12.3. The van der Waals surface area contributed by atoms with Crippen molar-refractivity contribution in [3.05, 3.63) is 45.4 Å². The maximum absolute atomic E-state index is 12.3. The summed E-state index contributed by atoms with van der Waals surface area (Å²) in [6.45, 7) is 8.97. The Labute approximate surface area is 140 Å². The molecule has 6 heteroatoms. The van der Waals surface area contributed by atoms with E-state index >= 15 is 0 Å². The van der Waals surface area contributed by atoms with Crippen LogP contribution >= 0.6 is 11.3 Å². The number of nitrogens with one attached hydrogen (secondary N) is 1. The van der Waals surface area contributed by atoms with E-state index in [9.17, 15) is 9.59 Å². The van der Waals surface area contributed by atoms with Crippen molar-refractivity contribution in [1.82, 2.24) is 9.88 Å². The van der Waals surface area contributed by atoms with Crippen molar-refractivity contribution in [2.24, 2.45) is 0 Å². The van der Waals surface area contributed by atoms with E-state index in [1.165, 1.54) is 11.3 Å². The number of thiazole rings is 1. The standard InChI is InChI=1S/C17H21N3O2S/c1-5-20(6-2)17(22)13-7-9-14(10-8-13)19-16(21)15-11(3)18-12(4)23-15/h7-10H,5-6H2,1-4H3,(H,19,21). The summed E-state index contributed by atoms with van der Waals surface area (Å²) in [6, 6.07) is 6.97. The second-order valence-electron chi connectivity index (χ2n) is 5.16. The first-order valence-electron chi connectivity index (χ1n) is 7.61. The first kappa shape index (κ1) is 17.1. The molecule has 0 fully saturated rings. The number of amides is 2. The zero-order valence-electron chi connectivity index (χ0n) is 13.8. The number of benzene rings is 1. The Morgan fingerprint density at radius 1 is 1.13 bits per heavy atom. The van der Waals surface area contributed by atoms with E-state index in [0.29, 0.717) is 29.2 Å². The summed E-state index contributed by atoms with van der Waals surface area (Å²) in [6.07, 6.45) is 0. The van der Waals surface area contributed by atoms with Crippen LogP contribution in [0.2, 0.25) is 0 Å². The molecule has 0 atom stereocenters. The fraction of sp³-hybridized carbons (Fsp3) is 0.353. The third-order valence-electron chi connectivity index (χ3n) is 3.55. The Balaban J connectivity index is 2.09. The Morgan fingerprint density at radius 2 is 1.74 bits per heavy atom. The van der Waals surface area contributed by atoms with Gasteiger partial charge in [0.25, 0.3) is 11.8 Å². The summed E-state index contributed by atoms with van der Waals surface area (Å²) in [5.41, 5.74) is 2.02. The van der Waals surface area contributed by atoms with Gasteiger partial charge in [-0.2, -0.15) is 0 Å². The number of hydrogen-bond donors (Lipinski definition) is 1. The maximum Gasteiger partial charge on any atom is 0.267 e. The summed E-state index contributed by atoms with van der Waals surface area (Å²) in [7, 11) is 0. The van der Waals surface area contributed by atoms with Crippen LogP contribution in [0.3, 0.4) is 0 Å². The van der Waals surface area contributed by atoms with E-state index in [1.807, 2.05) is 27.7 Å². The van der Waals surface area contributed by atoms with Crippen LogP contribution in [0.4, 0.5) is 5.69 Å². The fourth-order valence-electron chi connectivity index (χ4n) is 2.32. The van der Waals surface area contributed by atoms with Crippen LogP contribution in [0.1, 0.15) is 44.6 Å². The summed E-state index contributed by atoms with van der Waals surface area (Å²) >= 11 is 1.38. The van der Waals surface area contributed by atoms with Crippen LogP contribution in [0, 0.1) is 13.8 Å². The van der Waals surface area contributed by atoms with Gasteiger partial charge in [0.2, 0.25) is 0 Å². The molecule has 0 bridgehead atoms. The van der Waals surface area contributed by atoms with E-state index in [4.69, 9.17) is 0 Å². The molecule has 0 unspecified atom stereocenters. The predicted molar refractivity (Wildman–Crippen MR) is 93.2 cm³/mol. The van der Waals surface area contributed by atoms with Crippen molar-refractivity contribution in [3.8, 4) is 0 Å². The molecule has 2 amide bonds. The molecule has 1 aromatic heterocycles. The SMILES string of the molecule is CCN(CC)C(=O)c1ccc(NC(=O)c2sc(C)nc2C)cc1. The minimum absolute atomic E-state index is 0.00167. The molecule has 1 aromatic carbocycles. The lowest BCUT2D eigenvalue weighted by molar-refractivity contribution is 0.0773. The number of hydrogen-bond acceptors (Lipinski definition) is 4. The zero-order valence-corrected chi connectivity index (χ0v) is 14.7. The van der Waals surface area contributed by atoms with Crippen molar-refractivity contribution in [3.63, 3.8) is 0 Å². The van der Waals surface area contributed by atoms with Crippen LogP contribution in [-0.4, -0.2) is 34.8 Å². The molecule has 1 heterocycles. The molecule has 0 aliphatic heterocycles. The summed E-state index contributed by atoms with van der Waals surface area (Å²) in [4.78, 5) is 31.1. The molecule has 0 spiro atoms. The Hall–Kier alpha value is -2.21. The molecule has 122 valence electrons. The second kappa shape index (κ2) is 7.37. The third-order valence-corrected chi connectivity index (χ3v) is 4.62. The van der Waals surface area contributed by atoms with Crippen molar-refractivity contribution in [2.75, 3.05) is 18.4 Å². The average Bonchev–Trinajstić information content (AvgIpc) is 2.88. The number of aromatic nitrogens is 1. The zero-order chi connectivity index (χ0) is 17.0. The number of aryl methyl sites for hydroxylation is 2. The minimum Gasteiger partial charge on any atom is -0.339 e. The molecule has 0 radical (unpaired) electrons. The van der Waals surface area contributed by atoms with Crippen molar-refractivity contribution in [2.45, 2.75) is 27.7 Å². The van der Waals surface area contributed by atoms with E-state index < -0.39 is 0 Å². The van der Waals surface area contributed by atoms with Gasteiger partial charge in [-0.3, -0.25) is 9.59 Å². The molecule has 2 rings (SSSR count). The molecule has 0 saturated heterocycles. The smallest absolute Gasteiger partial charge is 0.267 e. The van der Waals surface area contributed by atoms with Crippen molar-refractivity contribution in [1.29, 1.82) is 0 Å². The lowest BCUT2D eigenvalue weighted by Crippen LogP contribution is -2.30. The Bertz CT molecular complexity index is 703. The van der Waals surface area contributed by atoms with Gasteiger partial charge in [0.15, 0.2) is 0 Å². The quantitative estimate of drug-likeness (QED) is 0.912. The number of nitrogens with zero attached hydrogens (tertiary/aromatic N) is 2. The lowest BCUT2D eigenvalue weighted by Gasteiger charge is -2.18. The van der Waals surface area contributed by atoms with Crippen molar-refractivity contribution < 1.29 is 9.59 Å². The highest BCUT2D eigenvalue weighted by atomic mass is 32.1. The van der Waals surface area contributed by atoms with Crippen LogP contribution in [0.15, 0.2) is 24.3 Å². The van der Waals surface area contributed by atoms with Gasteiger partial charge in [-0.15, -0.1) is 11.3 Å². The largest absolute Gasteiger partial charge is 0.339 e. The molecule has 0 saturated carbocycles. The molecular weight excluding hydrogens is 310 g/mol. The monoisotopic (exact) mass is 331 g/mol. The van der Waals surface area contributed by atoms with E-state index in [0.717, 1.165) is 10.7 Å². The van der Waals surface area contributed by atoms with Crippen LogP contribution in [0.25, 0.3) is 0 Å². The fourth-order valence-corrected chi connectivity index (χ4v) is 3.13. The molecule has 2 aromatic rings. The van der Waals surface area contributed by atoms with Gasteiger partial charge in [-0.25, -0.2) is 4.98 Å². The van der Waals surface area contributed by atoms with Crippen LogP contribution < -0.4 is 5.32 Å². The highest BCUT2D eigenvalue weighted by Gasteiger charge is 2.15. The van der Waals surface area contributed by atoms with Crippen molar-refractivity contribution >= 4 is 28.8 Å². The highest BCUT2D eigenvalue weighted by Crippen LogP contribution is 2.19. The summed E-state index contributed by atoms with van der Waals surface area (Å²) in [5, 5.41) is 3.71. The molecule has 5 nitrogen and oxygen atoms in total. The van der Waals surface area contributed by atoms with E-state index in [2.05, 4.69) is 10.3 Å². The summed E-state index contributed by atoms with van der Waals surface area (Å²) in [5.74, 6) is -0.169. The van der Waals surface area contributed by atoms with Gasteiger partial charge in [-0.1, -0.05) is 0 Å². The Morgan fingerprint density at radius 3 is 2.22 bits per heavy atom. The first-order valence-corrected chi connectivity index (χ1v) is 8.42. The van der Waals surface area contributed by atoms with Gasteiger partial charge < -0.3 is 10.2 Å². The topological polar surface area (TPSA) is 62.3 Å².